The van der Waals surface area contributed by atoms with Gasteiger partial charge in [0.1, 0.15) is 0 Å². The van der Waals surface area contributed by atoms with E-state index in [4.69, 9.17) is 10.2 Å². The quantitative estimate of drug-likeness (QED) is 0.695. The molecule has 0 heterocycles. The van der Waals surface area contributed by atoms with E-state index < -0.39 is 24.5 Å². The molecular formula is C13H16N2O5. The first-order chi connectivity index (χ1) is 9.38. The van der Waals surface area contributed by atoms with Gasteiger partial charge in [-0.1, -0.05) is 12.1 Å². The van der Waals surface area contributed by atoms with Crippen molar-refractivity contribution in [2.45, 2.75) is 13.0 Å². The summed E-state index contributed by atoms with van der Waals surface area (Å²) >= 11 is 0. The van der Waals surface area contributed by atoms with Crippen LogP contribution in [0.4, 0.5) is 5.69 Å². The number of hydrogen-bond donors (Lipinski definition) is 3. The molecule has 1 aromatic rings. The van der Waals surface area contributed by atoms with Gasteiger partial charge in [0.15, 0.2) is 6.04 Å². The Kier molecular flexibility index (Phi) is 5.22. The number of hydrogen-bond acceptors (Lipinski definition) is 4. The van der Waals surface area contributed by atoms with E-state index in [2.05, 4.69) is 5.32 Å². The molecular weight excluding hydrogens is 264 g/mol. The summed E-state index contributed by atoms with van der Waals surface area (Å²) in [4.78, 5) is 35.5. The molecule has 2 amide bonds. The molecule has 0 fully saturated rings. The third-order valence-corrected chi connectivity index (χ3v) is 2.77. The van der Waals surface area contributed by atoms with Gasteiger partial charge >= 0.3 is 5.97 Å². The van der Waals surface area contributed by atoms with Crippen LogP contribution >= 0.6 is 0 Å². The highest BCUT2D eigenvalue weighted by Gasteiger charge is 2.22. The second-order valence-corrected chi connectivity index (χ2v) is 4.14. The van der Waals surface area contributed by atoms with Crippen molar-refractivity contribution in [1.29, 1.82) is 0 Å². The first-order valence-corrected chi connectivity index (χ1v) is 5.86. The molecule has 108 valence electrons. The van der Waals surface area contributed by atoms with Crippen LogP contribution in [0.2, 0.25) is 0 Å². The van der Waals surface area contributed by atoms with Crippen LogP contribution in [0.15, 0.2) is 24.3 Å². The predicted molar refractivity (Wildman–Crippen MR) is 71.5 cm³/mol. The van der Waals surface area contributed by atoms with Gasteiger partial charge in [-0.3, -0.25) is 9.59 Å². The zero-order chi connectivity index (χ0) is 15.3. The maximum absolute atomic E-state index is 12.0. The van der Waals surface area contributed by atoms with E-state index in [0.29, 0.717) is 5.69 Å². The number of aliphatic hydroxyl groups excluding tert-OH is 1. The third-order valence-electron chi connectivity index (χ3n) is 2.77. The normalized spacial score (nSPS) is 11.6. The summed E-state index contributed by atoms with van der Waals surface area (Å²) in [6.07, 6.45) is 0. The molecule has 1 unspecified atom stereocenters. The van der Waals surface area contributed by atoms with Crippen molar-refractivity contribution >= 4 is 23.5 Å². The van der Waals surface area contributed by atoms with Gasteiger partial charge in [0.2, 0.25) is 5.91 Å². The smallest absolute Gasteiger partial charge is 0.328 e. The predicted octanol–water partition coefficient (Wildman–Crippen LogP) is -0.155. The number of carboxylic acids is 1. The van der Waals surface area contributed by atoms with Gasteiger partial charge in [0, 0.05) is 14.0 Å². The standard InChI is InChI=1S/C13H16N2O5/c1-8(17)15(2)11-6-4-3-5-9(11)12(18)14-10(7-16)13(19)20/h3-6,10,16H,7H2,1-2H3,(H,14,18)(H,19,20). The number of nitrogens with one attached hydrogen (secondary N) is 1. The molecule has 7 heteroatoms. The Bertz CT molecular complexity index is 529. The zero-order valence-electron chi connectivity index (χ0n) is 11.2. The topological polar surface area (TPSA) is 107 Å². The van der Waals surface area contributed by atoms with Gasteiger partial charge in [-0.25, -0.2) is 4.79 Å². The Morgan fingerprint density at radius 1 is 1.30 bits per heavy atom. The van der Waals surface area contributed by atoms with Crippen LogP contribution in [-0.2, 0) is 9.59 Å². The van der Waals surface area contributed by atoms with Crippen LogP contribution < -0.4 is 10.2 Å². The second-order valence-electron chi connectivity index (χ2n) is 4.14. The number of carboxylic acid groups (broad SMARTS) is 1. The van der Waals surface area contributed by atoms with Crippen molar-refractivity contribution in [3.8, 4) is 0 Å². The van der Waals surface area contributed by atoms with Crippen molar-refractivity contribution in [3.63, 3.8) is 0 Å². The van der Waals surface area contributed by atoms with E-state index in [9.17, 15) is 14.4 Å². The molecule has 1 aromatic carbocycles. The maximum atomic E-state index is 12.0. The van der Waals surface area contributed by atoms with E-state index >= 15 is 0 Å². The first-order valence-electron chi connectivity index (χ1n) is 5.86. The van der Waals surface area contributed by atoms with E-state index in [1.165, 1.54) is 24.9 Å². The van der Waals surface area contributed by atoms with Gasteiger partial charge in [-0.2, -0.15) is 0 Å². The van der Waals surface area contributed by atoms with Crippen LogP contribution in [0, 0.1) is 0 Å². The molecule has 0 saturated carbocycles. The molecule has 0 radical (unpaired) electrons. The fraction of sp³-hybridized carbons (Fsp3) is 0.308. The molecule has 0 saturated heterocycles. The Hall–Kier alpha value is -2.41. The Labute approximate surface area is 115 Å². The van der Waals surface area contributed by atoms with Crippen molar-refractivity contribution in [2.24, 2.45) is 0 Å². The number of rotatable bonds is 5. The molecule has 0 spiro atoms. The largest absolute Gasteiger partial charge is 0.480 e. The fourth-order valence-corrected chi connectivity index (χ4v) is 1.55. The second kappa shape index (κ2) is 6.67. The first kappa shape index (κ1) is 15.6. The van der Waals surface area contributed by atoms with Crippen LogP contribution in [0.25, 0.3) is 0 Å². The number of anilines is 1. The molecule has 20 heavy (non-hydrogen) atoms. The van der Waals surface area contributed by atoms with Gasteiger partial charge in [0.05, 0.1) is 17.9 Å². The van der Waals surface area contributed by atoms with Gasteiger partial charge < -0.3 is 20.4 Å². The van der Waals surface area contributed by atoms with Gasteiger partial charge in [-0.05, 0) is 12.1 Å². The highest BCUT2D eigenvalue weighted by molar-refractivity contribution is 6.05. The van der Waals surface area contributed by atoms with Crippen LogP contribution in [0.1, 0.15) is 17.3 Å². The summed E-state index contributed by atoms with van der Waals surface area (Å²) < 4.78 is 0. The third kappa shape index (κ3) is 3.55. The molecule has 0 aliphatic carbocycles. The molecule has 0 aromatic heterocycles. The van der Waals surface area contributed by atoms with Crippen molar-refractivity contribution in [3.05, 3.63) is 29.8 Å². The minimum Gasteiger partial charge on any atom is -0.480 e. The van der Waals surface area contributed by atoms with Crippen molar-refractivity contribution in [1.82, 2.24) is 5.32 Å². The summed E-state index contributed by atoms with van der Waals surface area (Å²) in [7, 11) is 1.51. The number of nitrogens with zero attached hydrogens (tertiary/aromatic N) is 1. The molecule has 0 aliphatic heterocycles. The van der Waals surface area contributed by atoms with E-state index in [-0.39, 0.29) is 11.5 Å². The summed E-state index contributed by atoms with van der Waals surface area (Å²) in [5, 5.41) is 19.9. The number of benzene rings is 1. The highest BCUT2D eigenvalue weighted by atomic mass is 16.4. The number of carbonyl (C=O) groups excluding carboxylic acids is 2. The van der Waals surface area contributed by atoms with Gasteiger partial charge in [0.25, 0.3) is 5.91 Å². The van der Waals surface area contributed by atoms with E-state index in [1.54, 1.807) is 18.2 Å². The molecule has 1 atom stereocenters. The Morgan fingerprint density at radius 2 is 1.90 bits per heavy atom. The van der Waals surface area contributed by atoms with Crippen LogP contribution in [0.3, 0.4) is 0 Å². The number of amides is 2. The Balaban J connectivity index is 3.04. The van der Waals surface area contributed by atoms with Crippen molar-refractivity contribution in [2.75, 3.05) is 18.6 Å². The fourth-order valence-electron chi connectivity index (χ4n) is 1.55. The summed E-state index contributed by atoms with van der Waals surface area (Å²) in [6, 6.07) is 4.91. The van der Waals surface area contributed by atoms with Gasteiger partial charge in [-0.15, -0.1) is 0 Å². The average Bonchev–Trinajstić information content (AvgIpc) is 2.43. The molecule has 7 nitrogen and oxygen atoms in total. The lowest BCUT2D eigenvalue weighted by atomic mass is 10.1. The number of aliphatic carboxylic acids is 1. The van der Waals surface area contributed by atoms with E-state index in [0.717, 1.165) is 0 Å². The molecule has 0 aliphatic rings. The zero-order valence-corrected chi connectivity index (χ0v) is 11.2. The maximum Gasteiger partial charge on any atom is 0.328 e. The number of aliphatic hydroxyl groups is 1. The lowest BCUT2D eigenvalue weighted by Crippen LogP contribution is -2.43. The highest BCUT2D eigenvalue weighted by Crippen LogP contribution is 2.19. The number of para-hydroxylation sites is 1. The lowest BCUT2D eigenvalue weighted by molar-refractivity contribution is -0.140. The molecule has 1 rings (SSSR count). The van der Waals surface area contributed by atoms with Crippen LogP contribution in [-0.4, -0.2) is 47.7 Å². The summed E-state index contributed by atoms with van der Waals surface area (Å²) in [5.41, 5.74) is 0.518. The Morgan fingerprint density at radius 3 is 2.40 bits per heavy atom. The van der Waals surface area contributed by atoms with Crippen LogP contribution in [0.5, 0.6) is 0 Å². The van der Waals surface area contributed by atoms with E-state index in [1.807, 2.05) is 0 Å². The molecule has 0 bridgehead atoms. The average molecular weight is 280 g/mol. The molecule has 3 N–H and O–H groups in total. The number of carbonyl (C=O) groups is 3. The minimum absolute atomic E-state index is 0.157. The SMILES string of the molecule is CC(=O)N(C)c1ccccc1C(=O)NC(CO)C(=O)O. The summed E-state index contributed by atoms with van der Waals surface area (Å²) in [6.45, 7) is 0.633. The monoisotopic (exact) mass is 280 g/mol. The van der Waals surface area contributed by atoms with Crippen molar-refractivity contribution < 1.29 is 24.6 Å². The lowest BCUT2D eigenvalue weighted by Gasteiger charge is -2.19. The summed E-state index contributed by atoms with van der Waals surface area (Å²) in [5.74, 6) is -2.27. The minimum atomic E-state index is -1.39.